The zero-order chi connectivity index (χ0) is 37.0. The molecule has 0 bridgehead atoms. The normalized spacial score (nSPS) is 11.6. The Hall–Kier alpha value is -7.42. The minimum atomic E-state index is 0.871. The predicted octanol–water partition coefficient (Wildman–Crippen LogP) is 15.5. The van der Waals surface area contributed by atoms with Crippen LogP contribution >= 0.6 is 0 Å². The second kappa shape index (κ2) is 13.2. The van der Waals surface area contributed by atoms with E-state index in [0.29, 0.717) is 0 Å². The monoisotopic (exact) mass is 713 g/mol. The van der Waals surface area contributed by atoms with Crippen LogP contribution in [0.4, 0.5) is 17.1 Å². The van der Waals surface area contributed by atoms with Crippen molar-refractivity contribution in [1.82, 2.24) is 0 Å². The number of hydrogen-bond acceptors (Lipinski definition) is 2. The van der Waals surface area contributed by atoms with Crippen molar-refractivity contribution in [2.24, 2.45) is 0 Å². The number of rotatable bonds is 6. The highest BCUT2D eigenvalue weighted by molar-refractivity contribution is 6.14. The molecular weight excluding hydrogens is 679 g/mol. The molecule has 0 radical (unpaired) electrons. The van der Waals surface area contributed by atoms with E-state index in [1.54, 1.807) is 0 Å². The Morgan fingerprint density at radius 1 is 0.286 bits per heavy atom. The highest BCUT2D eigenvalue weighted by Crippen LogP contribution is 2.42. The Labute approximate surface area is 325 Å². The molecule has 0 saturated carbocycles. The molecule has 0 saturated heterocycles. The van der Waals surface area contributed by atoms with Crippen molar-refractivity contribution in [2.75, 3.05) is 4.90 Å². The molecule has 10 aromatic carbocycles. The fourth-order valence-electron chi connectivity index (χ4n) is 8.52. The van der Waals surface area contributed by atoms with Crippen LogP contribution in [0.25, 0.3) is 87.6 Å². The van der Waals surface area contributed by atoms with E-state index in [0.717, 1.165) is 50.5 Å². The number of benzene rings is 10. The molecule has 0 unspecified atom stereocenters. The Kier molecular flexibility index (Phi) is 7.53. The van der Waals surface area contributed by atoms with Crippen molar-refractivity contribution in [2.45, 2.75) is 0 Å². The first-order valence-electron chi connectivity index (χ1n) is 19.2. The Morgan fingerprint density at radius 3 is 1.52 bits per heavy atom. The van der Waals surface area contributed by atoms with Crippen LogP contribution in [-0.2, 0) is 0 Å². The lowest BCUT2D eigenvalue weighted by Gasteiger charge is -2.26. The molecule has 0 fully saturated rings. The van der Waals surface area contributed by atoms with Crippen molar-refractivity contribution < 1.29 is 4.42 Å². The molecule has 2 nitrogen and oxygen atoms in total. The molecule has 262 valence electrons. The smallest absolute Gasteiger partial charge is 0.136 e. The molecule has 0 N–H and O–H groups in total. The molecule has 11 aromatic rings. The quantitative estimate of drug-likeness (QED) is 0.160. The van der Waals surface area contributed by atoms with E-state index < -0.39 is 0 Å². The van der Waals surface area contributed by atoms with Crippen LogP contribution in [0.3, 0.4) is 0 Å². The van der Waals surface area contributed by atoms with Gasteiger partial charge >= 0.3 is 0 Å². The van der Waals surface area contributed by atoms with Crippen molar-refractivity contribution in [3.63, 3.8) is 0 Å². The van der Waals surface area contributed by atoms with Crippen molar-refractivity contribution in [1.29, 1.82) is 0 Å². The van der Waals surface area contributed by atoms with Gasteiger partial charge in [-0.15, -0.1) is 0 Å². The van der Waals surface area contributed by atoms with Gasteiger partial charge in [0, 0.05) is 28.0 Å². The number of nitrogens with zero attached hydrogens (tertiary/aromatic N) is 1. The number of anilines is 3. The van der Waals surface area contributed by atoms with Crippen LogP contribution in [0.5, 0.6) is 0 Å². The molecule has 0 aliphatic heterocycles. The van der Waals surface area contributed by atoms with Gasteiger partial charge in [-0.1, -0.05) is 158 Å². The van der Waals surface area contributed by atoms with Crippen LogP contribution < -0.4 is 4.90 Å². The number of para-hydroxylation sites is 1. The molecule has 0 aliphatic rings. The van der Waals surface area contributed by atoms with Gasteiger partial charge in [-0.3, -0.25) is 0 Å². The molecule has 1 aromatic heterocycles. The minimum Gasteiger partial charge on any atom is -0.456 e. The Bertz CT molecular complexity index is 3210. The summed E-state index contributed by atoms with van der Waals surface area (Å²) < 4.78 is 6.33. The summed E-state index contributed by atoms with van der Waals surface area (Å²) >= 11 is 0. The van der Waals surface area contributed by atoms with E-state index in [2.05, 4.69) is 205 Å². The lowest BCUT2D eigenvalue weighted by atomic mass is 9.93. The van der Waals surface area contributed by atoms with Gasteiger partial charge in [0.15, 0.2) is 0 Å². The summed E-state index contributed by atoms with van der Waals surface area (Å²) in [5.41, 5.74) is 9.95. The molecule has 0 aliphatic carbocycles. The van der Waals surface area contributed by atoms with E-state index in [1.165, 1.54) is 54.2 Å². The third-order valence-corrected chi connectivity index (χ3v) is 11.2. The van der Waals surface area contributed by atoms with Gasteiger partial charge in [-0.05, 0) is 120 Å². The van der Waals surface area contributed by atoms with Gasteiger partial charge in [0.1, 0.15) is 11.3 Å². The predicted molar refractivity (Wildman–Crippen MR) is 237 cm³/mol. The lowest BCUT2D eigenvalue weighted by molar-refractivity contribution is 0.632. The third kappa shape index (κ3) is 5.42. The topological polar surface area (TPSA) is 16.4 Å². The first-order valence-corrected chi connectivity index (χ1v) is 19.2. The van der Waals surface area contributed by atoms with E-state index >= 15 is 0 Å². The van der Waals surface area contributed by atoms with Crippen LogP contribution in [0.2, 0.25) is 0 Å². The molecule has 0 spiro atoms. The number of furan rings is 1. The van der Waals surface area contributed by atoms with Gasteiger partial charge in [0.05, 0.1) is 0 Å². The largest absolute Gasteiger partial charge is 0.456 e. The number of hydrogen-bond donors (Lipinski definition) is 0. The van der Waals surface area contributed by atoms with Gasteiger partial charge in [-0.25, -0.2) is 0 Å². The van der Waals surface area contributed by atoms with Gasteiger partial charge in [0.25, 0.3) is 0 Å². The lowest BCUT2D eigenvalue weighted by Crippen LogP contribution is -2.10. The fraction of sp³-hybridized carbons (Fsp3) is 0. The highest BCUT2D eigenvalue weighted by Gasteiger charge is 2.17. The maximum Gasteiger partial charge on any atom is 0.136 e. The van der Waals surface area contributed by atoms with Gasteiger partial charge in [0.2, 0.25) is 0 Å². The Morgan fingerprint density at radius 2 is 0.786 bits per heavy atom. The van der Waals surface area contributed by atoms with E-state index in [4.69, 9.17) is 4.42 Å². The summed E-state index contributed by atoms with van der Waals surface area (Å²) in [6.45, 7) is 0. The van der Waals surface area contributed by atoms with Crippen LogP contribution in [0.1, 0.15) is 0 Å². The molecule has 0 amide bonds. The summed E-state index contributed by atoms with van der Waals surface area (Å²) in [6.07, 6.45) is 0. The highest BCUT2D eigenvalue weighted by atomic mass is 16.3. The maximum absolute atomic E-state index is 6.33. The fourth-order valence-corrected chi connectivity index (χ4v) is 8.52. The summed E-state index contributed by atoms with van der Waals surface area (Å²) in [6, 6.07) is 76.5. The van der Waals surface area contributed by atoms with Gasteiger partial charge in [-0.2, -0.15) is 0 Å². The van der Waals surface area contributed by atoms with Gasteiger partial charge < -0.3 is 9.32 Å². The van der Waals surface area contributed by atoms with Crippen molar-refractivity contribution in [3.05, 3.63) is 212 Å². The van der Waals surface area contributed by atoms with Crippen LogP contribution in [0.15, 0.2) is 217 Å². The first kappa shape index (κ1) is 32.0. The van der Waals surface area contributed by atoms with Crippen LogP contribution in [-0.4, -0.2) is 0 Å². The second-order valence-electron chi connectivity index (χ2n) is 14.5. The second-order valence-corrected chi connectivity index (χ2v) is 14.5. The molecular formula is C54H35NO. The van der Waals surface area contributed by atoms with Crippen molar-refractivity contribution >= 4 is 71.1 Å². The third-order valence-electron chi connectivity index (χ3n) is 11.2. The molecule has 2 heteroatoms. The Balaban J connectivity index is 1.03. The molecule has 1 heterocycles. The zero-order valence-electron chi connectivity index (χ0n) is 30.6. The summed E-state index contributed by atoms with van der Waals surface area (Å²) in [5, 5.41) is 11.1. The summed E-state index contributed by atoms with van der Waals surface area (Å²) in [5.74, 6) is 0.871. The minimum absolute atomic E-state index is 0.871. The summed E-state index contributed by atoms with van der Waals surface area (Å²) in [7, 11) is 0. The average molecular weight is 714 g/mol. The number of fused-ring (bicyclic) bond motifs is 7. The average Bonchev–Trinajstić information content (AvgIpc) is 3.71. The van der Waals surface area contributed by atoms with E-state index in [9.17, 15) is 0 Å². The molecule has 11 rings (SSSR count). The molecule has 56 heavy (non-hydrogen) atoms. The van der Waals surface area contributed by atoms with E-state index in [-0.39, 0.29) is 0 Å². The van der Waals surface area contributed by atoms with Crippen molar-refractivity contribution in [3.8, 4) is 33.6 Å². The maximum atomic E-state index is 6.33. The summed E-state index contributed by atoms with van der Waals surface area (Å²) in [4.78, 5) is 2.37. The zero-order valence-corrected chi connectivity index (χ0v) is 30.6. The SMILES string of the molecule is c1ccc(-c2cc3ccccc3o2)c(-c2ccc(N(c3ccc(-c4cc5ccccc5c5ccccc45)cc3)c3ccc4c(ccc5ccccc54)c3)cc2)c1. The first-order chi connectivity index (χ1) is 27.7. The standard InChI is InChI=1S/C54H35NO/c1-4-14-45-36(11-1)21-22-40-33-44(31-32-48(40)45)55(43-29-25-38(26-30-43)52-34-39-12-2-5-16-47(39)49-17-7-8-18-50(49)52)42-27-23-37(24-28-42)46-15-6-9-19-51(46)54-35-41-13-3-10-20-53(41)56-54/h1-35H. The molecule has 0 atom stereocenters. The van der Waals surface area contributed by atoms with Crippen LogP contribution in [0, 0.1) is 0 Å². The van der Waals surface area contributed by atoms with E-state index in [1.807, 2.05) is 12.1 Å².